The molecule has 0 saturated heterocycles. The molecule has 0 aliphatic rings. The molecule has 0 aliphatic carbocycles. The lowest BCUT2D eigenvalue weighted by Crippen LogP contribution is -2.10. The Morgan fingerprint density at radius 2 is 1.68 bits per heavy atom. The van der Waals surface area contributed by atoms with Crippen molar-refractivity contribution in [3.05, 3.63) is 77.3 Å². The van der Waals surface area contributed by atoms with Gasteiger partial charge in [-0.3, -0.25) is 4.79 Å². The third kappa shape index (κ3) is 5.95. The first-order chi connectivity index (χ1) is 13.1. The van der Waals surface area contributed by atoms with Crippen LogP contribution in [0.1, 0.15) is 31.9 Å². The van der Waals surface area contributed by atoms with Crippen LogP contribution in [0.15, 0.2) is 61.2 Å². The second-order valence-corrected chi connectivity index (χ2v) is 7.93. The van der Waals surface area contributed by atoms with Crippen LogP contribution >= 0.6 is 11.6 Å². The van der Waals surface area contributed by atoms with E-state index in [9.17, 15) is 9.90 Å². The number of hydrogen-bond acceptors (Lipinski definition) is 2. The van der Waals surface area contributed by atoms with E-state index < -0.39 is 11.6 Å². The zero-order valence-electron chi connectivity index (χ0n) is 16.4. The molecule has 0 bridgehead atoms. The van der Waals surface area contributed by atoms with Gasteiger partial charge >= 0.3 is 5.97 Å². The molecule has 0 radical (unpaired) electrons. The van der Waals surface area contributed by atoms with Gasteiger partial charge in [-0.25, -0.2) is 0 Å². The number of aliphatic hydroxyl groups is 1. The molecule has 3 nitrogen and oxygen atoms in total. The Labute approximate surface area is 170 Å². The van der Waals surface area contributed by atoms with Gasteiger partial charge in [0.25, 0.3) is 0 Å². The number of rotatable bonds is 4. The van der Waals surface area contributed by atoms with Crippen LogP contribution < -0.4 is 0 Å². The smallest absolute Gasteiger partial charge is 0.307 e. The molecular formula is C24H25ClO3. The molecular weight excluding hydrogens is 372 g/mol. The lowest BCUT2D eigenvalue weighted by atomic mass is 9.88. The van der Waals surface area contributed by atoms with Gasteiger partial charge in [0.05, 0.1) is 12.0 Å². The number of fused-ring (bicyclic) bond motifs is 1. The highest BCUT2D eigenvalue weighted by molar-refractivity contribution is 6.30. The van der Waals surface area contributed by atoms with Crippen molar-refractivity contribution >= 4 is 34.4 Å². The Morgan fingerprint density at radius 3 is 2.21 bits per heavy atom. The molecule has 2 N–H and O–H groups in total. The molecule has 0 heterocycles. The Bertz CT molecular complexity index is 977. The molecule has 4 heteroatoms. The predicted octanol–water partition coefficient (Wildman–Crippen LogP) is 6.21. The van der Waals surface area contributed by atoms with Crippen LogP contribution in [0.2, 0.25) is 5.02 Å². The number of halogens is 1. The van der Waals surface area contributed by atoms with E-state index in [2.05, 4.69) is 6.58 Å². The van der Waals surface area contributed by atoms with E-state index in [1.807, 2.05) is 54.6 Å². The Hall–Kier alpha value is -2.62. The monoisotopic (exact) mass is 396 g/mol. The standard InChI is InChI=1S/C20H15ClO2.C4H10O/c1-2-13-11-15-5-3-4-6-17(15)20(18(13)12-19(22)23)14-7-9-16(21)10-8-14;1-4(2,3)5/h2-11H,1,12H2,(H,22,23);5H,1-3H3. The van der Waals surface area contributed by atoms with Crippen LogP contribution in [0.25, 0.3) is 28.0 Å². The Morgan fingerprint density at radius 1 is 1.11 bits per heavy atom. The summed E-state index contributed by atoms with van der Waals surface area (Å²) in [4.78, 5) is 11.4. The molecule has 0 aliphatic heterocycles. The molecule has 0 aromatic heterocycles. The molecule has 0 saturated carbocycles. The molecule has 0 unspecified atom stereocenters. The molecule has 0 spiro atoms. The molecule has 146 valence electrons. The summed E-state index contributed by atoms with van der Waals surface area (Å²) in [6, 6.07) is 17.4. The van der Waals surface area contributed by atoms with Gasteiger partial charge in [-0.05, 0) is 72.0 Å². The number of aliphatic carboxylic acids is 1. The normalized spacial score (nSPS) is 10.9. The Kier molecular flexibility index (Phi) is 7.00. The number of benzene rings is 3. The van der Waals surface area contributed by atoms with Crippen molar-refractivity contribution in [2.24, 2.45) is 0 Å². The van der Waals surface area contributed by atoms with Gasteiger partial charge in [0.2, 0.25) is 0 Å². The van der Waals surface area contributed by atoms with Crippen molar-refractivity contribution in [1.29, 1.82) is 0 Å². The summed E-state index contributed by atoms with van der Waals surface area (Å²) in [6.45, 7) is 9.07. The minimum atomic E-state index is -0.862. The third-order valence-electron chi connectivity index (χ3n) is 3.87. The number of carboxylic acids is 1. The second-order valence-electron chi connectivity index (χ2n) is 7.49. The first-order valence-corrected chi connectivity index (χ1v) is 9.35. The quantitative estimate of drug-likeness (QED) is 0.551. The van der Waals surface area contributed by atoms with Crippen molar-refractivity contribution in [2.75, 3.05) is 0 Å². The van der Waals surface area contributed by atoms with E-state index in [-0.39, 0.29) is 6.42 Å². The summed E-state index contributed by atoms with van der Waals surface area (Å²) in [7, 11) is 0. The van der Waals surface area contributed by atoms with Gasteiger partial charge in [-0.2, -0.15) is 0 Å². The molecule has 28 heavy (non-hydrogen) atoms. The van der Waals surface area contributed by atoms with Crippen LogP contribution in [-0.2, 0) is 11.2 Å². The summed E-state index contributed by atoms with van der Waals surface area (Å²) in [5.74, 6) is -0.862. The van der Waals surface area contributed by atoms with Crippen molar-refractivity contribution in [3.8, 4) is 11.1 Å². The molecule has 3 aromatic rings. The van der Waals surface area contributed by atoms with Gasteiger partial charge in [0.15, 0.2) is 0 Å². The fourth-order valence-corrected chi connectivity index (χ4v) is 3.01. The van der Waals surface area contributed by atoms with E-state index in [4.69, 9.17) is 16.7 Å². The fourth-order valence-electron chi connectivity index (χ4n) is 2.88. The summed E-state index contributed by atoms with van der Waals surface area (Å²) in [5.41, 5.74) is 2.99. The SMILES string of the molecule is C=Cc1cc2ccccc2c(-c2ccc(Cl)cc2)c1CC(=O)O.CC(C)(C)O. The highest BCUT2D eigenvalue weighted by Crippen LogP contribution is 2.36. The number of carbonyl (C=O) groups is 1. The lowest BCUT2D eigenvalue weighted by Gasteiger charge is -2.16. The van der Waals surface area contributed by atoms with Gasteiger partial charge in [-0.15, -0.1) is 0 Å². The average Bonchev–Trinajstić information content (AvgIpc) is 2.60. The first-order valence-electron chi connectivity index (χ1n) is 8.97. The minimum Gasteiger partial charge on any atom is -0.481 e. The second kappa shape index (κ2) is 9.05. The molecule has 0 fully saturated rings. The van der Waals surface area contributed by atoms with E-state index in [0.717, 1.165) is 33.0 Å². The minimum absolute atomic E-state index is 0.0514. The maximum absolute atomic E-state index is 11.4. The fraction of sp³-hybridized carbons (Fsp3) is 0.208. The van der Waals surface area contributed by atoms with Crippen molar-refractivity contribution < 1.29 is 15.0 Å². The lowest BCUT2D eigenvalue weighted by molar-refractivity contribution is -0.136. The predicted molar refractivity (Wildman–Crippen MR) is 118 cm³/mol. The van der Waals surface area contributed by atoms with Crippen LogP contribution in [0, 0.1) is 0 Å². The van der Waals surface area contributed by atoms with E-state index in [1.54, 1.807) is 26.8 Å². The zero-order chi connectivity index (χ0) is 20.9. The van der Waals surface area contributed by atoms with Gasteiger partial charge < -0.3 is 10.2 Å². The Balaban J connectivity index is 0.000000500. The molecule has 0 amide bonds. The number of carboxylic acid groups (broad SMARTS) is 1. The van der Waals surface area contributed by atoms with Crippen molar-refractivity contribution in [3.63, 3.8) is 0 Å². The third-order valence-corrected chi connectivity index (χ3v) is 4.12. The van der Waals surface area contributed by atoms with Gasteiger partial charge in [-0.1, -0.05) is 60.7 Å². The summed E-state index contributed by atoms with van der Waals surface area (Å²) >= 11 is 5.99. The van der Waals surface area contributed by atoms with E-state index in [0.29, 0.717) is 5.02 Å². The number of hydrogen-bond donors (Lipinski definition) is 2. The van der Waals surface area contributed by atoms with Crippen LogP contribution in [0.5, 0.6) is 0 Å². The molecule has 3 rings (SSSR count). The molecule has 0 atom stereocenters. The molecule has 3 aromatic carbocycles. The maximum Gasteiger partial charge on any atom is 0.307 e. The topological polar surface area (TPSA) is 57.5 Å². The average molecular weight is 397 g/mol. The van der Waals surface area contributed by atoms with Crippen LogP contribution in [0.4, 0.5) is 0 Å². The summed E-state index contributed by atoms with van der Waals surface area (Å²) in [5, 5.41) is 20.6. The first kappa shape index (κ1) is 21.7. The van der Waals surface area contributed by atoms with Crippen LogP contribution in [-0.4, -0.2) is 21.8 Å². The van der Waals surface area contributed by atoms with E-state index >= 15 is 0 Å². The summed E-state index contributed by atoms with van der Waals surface area (Å²) < 4.78 is 0. The van der Waals surface area contributed by atoms with E-state index in [1.165, 1.54) is 0 Å². The van der Waals surface area contributed by atoms with Crippen molar-refractivity contribution in [2.45, 2.75) is 32.8 Å². The summed E-state index contributed by atoms with van der Waals surface area (Å²) in [6.07, 6.45) is 1.66. The maximum atomic E-state index is 11.4. The van der Waals surface area contributed by atoms with Crippen LogP contribution in [0.3, 0.4) is 0 Å². The van der Waals surface area contributed by atoms with Gasteiger partial charge in [0, 0.05) is 5.02 Å². The highest BCUT2D eigenvalue weighted by Gasteiger charge is 2.16. The van der Waals surface area contributed by atoms with Gasteiger partial charge in [0.1, 0.15) is 0 Å². The largest absolute Gasteiger partial charge is 0.481 e. The van der Waals surface area contributed by atoms with Crippen molar-refractivity contribution in [1.82, 2.24) is 0 Å². The zero-order valence-corrected chi connectivity index (χ0v) is 17.1. The highest BCUT2D eigenvalue weighted by atomic mass is 35.5.